The van der Waals surface area contributed by atoms with Gasteiger partial charge < -0.3 is 0 Å². The molecule has 1 aliphatic carbocycles. The van der Waals surface area contributed by atoms with E-state index < -0.39 is 0 Å². The van der Waals surface area contributed by atoms with Crippen LogP contribution in [-0.2, 0) is 6.42 Å². The van der Waals surface area contributed by atoms with E-state index in [1.807, 2.05) is 19.9 Å². The number of fused-ring (bicyclic) bond motifs is 1. The van der Waals surface area contributed by atoms with Crippen LogP contribution < -0.4 is 0 Å². The highest BCUT2D eigenvalue weighted by Crippen LogP contribution is 2.34. The molecule has 0 aromatic heterocycles. The molecule has 0 nitrogen and oxygen atoms in total. The van der Waals surface area contributed by atoms with Crippen molar-refractivity contribution in [3.63, 3.8) is 0 Å². The molecule has 0 saturated carbocycles. The maximum Gasteiger partial charge on any atom is -0.00137 e. The van der Waals surface area contributed by atoms with Crippen LogP contribution in [0.3, 0.4) is 0 Å². The van der Waals surface area contributed by atoms with Gasteiger partial charge in [-0.3, -0.25) is 0 Å². The van der Waals surface area contributed by atoms with E-state index >= 15 is 0 Å². The molecule has 0 atom stereocenters. The van der Waals surface area contributed by atoms with Crippen LogP contribution in [-0.4, -0.2) is 0 Å². The lowest BCUT2D eigenvalue weighted by Gasteiger charge is -2.02. The predicted octanol–water partition coefficient (Wildman–Crippen LogP) is 5.09. The summed E-state index contributed by atoms with van der Waals surface area (Å²) in [6, 6.07) is 6.67. The number of hydrogen-bond donors (Lipinski definition) is 0. The van der Waals surface area contributed by atoms with Crippen molar-refractivity contribution in [3.8, 4) is 0 Å². The Balaban J connectivity index is 0.000000686. The number of allylic oxidation sites excluding steroid dienone is 5. The highest BCUT2D eigenvalue weighted by molar-refractivity contribution is 5.84. The maximum absolute atomic E-state index is 3.89. The van der Waals surface area contributed by atoms with E-state index in [1.54, 1.807) is 0 Å². The van der Waals surface area contributed by atoms with Crippen molar-refractivity contribution in [3.05, 3.63) is 65.3 Å². The first-order valence-corrected chi connectivity index (χ1v) is 6.34. The van der Waals surface area contributed by atoms with Crippen LogP contribution in [0.4, 0.5) is 0 Å². The summed E-state index contributed by atoms with van der Waals surface area (Å²) in [4.78, 5) is 0. The molecule has 0 saturated heterocycles. The zero-order chi connectivity index (χ0) is 12.8. The van der Waals surface area contributed by atoms with Crippen LogP contribution in [0, 0.1) is 6.92 Å². The second-order valence-corrected chi connectivity index (χ2v) is 3.98. The molecule has 0 unspecified atom stereocenters. The fourth-order valence-electron chi connectivity index (χ4n) is 2.11. The Labute approximate surface area is 105 Å². The SMILES string of the molecule is C=CC1=C(/C=C\C)c2cc(C)ccc2C1.CC. The molecule has 1 aliphatic rings. The molecule has 0 heteroatoms. The van der Waals surface area contributed by atoms with Crippen LogP contribution in [0.15, 0.2) is 48.6 Å². The third-order valence-corrected chi connectivity index (χ3v) is 2.86. The van der Waals surface area contributed by atoms with Gasteiger partial charge in [-0.2, -0.15) is 0 Å². The molecule has 2 rings (SSSR count). The van der Waals surface area contributed by atoms with Gasteiger partial charge in [-0.25, -0.2) is 0 Å². The number of hydrogen-bond acceptors (Lipinski definition) is 0. The van der Waals surface area contributed by atoms with E-state index in [0.717, 1.165) is 6.42 Å². The second-order valence-electron chi connectivity index (χ2n) is 3.98. The Morgan fingerprint density at radius 1 is 1.24 bits per heavy atom. The minimum atomic E-state index is 1.03. The van der Waals surface area contributed by atoms with Crippen molar-refractivity contribution in [1.29, 1.82) is 0 Å². The summed E-state index contributed by atoms with van der Waals surface area (Å²) >= 11 is 0. The lowest BCUT2D eigenvalue weighted by atomic mass is 10.0. The van der Waals surface area contributed by atoms with Gasteiger partial charge in [0.1, 0.15) is 0 Å². The molecule has 17 heavy (non-hydrogen) atoms. The minimum Gasteiger partial charge on any atom is -0.0988 e. The van der Waals surface area contributed by atoms with E-state index in [4.69, 9.17) is 0 Å². The Kier molecular flexibility index (Phi) is 4.96. The Morgan fingerprint density at radius 3 is 2.53 bits per heavy atom. The summed E-state index contributed by atoms with van der Waals surface area (Å²) in [7, 11) is 0. The van der Waals surface area contributed by atoms with Gasteiger partial charge in [-0.1, -0.05) is 62.4 Å². The van der Waals surface area contributed by atoms with Crippen LogP contribution >= 0.6 is 0 Å². The third-order valence-electron chi connectivity index (χ3n) is 2.86. The highest BCUT2D eigenvalue weighted by Gasteiger charge is 2.17. The number of aryl methyl sites for hydroxylation is 1. The molecule has 0 aliphatic heterocycles. The smallest absolute Gasteiger partial charge is 0.00137 e. The van der Waals surface area contributed by atoms with Gasteiger partial charge in [-0.15, -0.1) is 0 Å². The van der Waals surface area contributed by atoms with Crippen LogP contribution in [0.25, 0.3) is 5.57 Å². The second kappa shape index (κ2) is 6.24. The van der Waals surface area contributed by atoms with Crippen molar-refractivity contribution < 1.29 is 0 Å². The van der Waals surface area contributed by atoms with Crippen molar-refractivity contribution >= 4 is 5.57 Å². The molecule has 0 bridgehead atoms. The minimum absolute atomic E-state index is 1.03. The predicted molar refractivity (Wildman–Crippen MR) is 78.2 cm³/mol. The fraction of sp³-hybridized carbons (Fsp3) is 0.294. The first kappa shape index (κ1) is 13.5. The van der Waals surface area contributed by atoms with Gasteiger partial charge in [0.25, 0.3) is 0 Å². The molecule has 0 fully saturated rings. The first-order valence-electron chi connectivity index (χ1n) is 6.34. The van der Waals surface area contributed by atoms with Crippen LogP contribution in [0.2, 0.25) is 0 Å². The quantitative estimate of drug-likeness (QED) is 0.658. The third kappa shape index (κ3) is 2.76. The molecule has 0 radical (unpaired) electrons. The number of rotatable bonds is 2. The topological polar surface area (TPSA) is 0 Å². The van der Waals surface area contributed by atoms with Crippen molar-refractivity contribution in [2.24, 2.45) is 0 Å². The monoisotopic (exact) mass is 226 g/mol. The summed E-state index contributed by atoms with van der Waals surface area (Å²) < 4.78 is 0. The molecule has 0 N–H and O–H groups in total. The van der Waals surface area contributed by atoms with E-state index in [0.29, 0.717) is 0 Å². The van der Waals surface area contributed by atoms with E-state index in [9.17, 15) is 0 Å². The van der Waals surface area contributed by atoms with Gasteiger partial charge in [0.2, 0.25) is 0 Å². The standard InChI is InChI=1S/C15H16.C2H6/c1-4-6-14-12(5-2)10-13-8-7-11(3)9-15(13)14;1-2/h4-9H,2,10H2,1,3H3;1-2H3/b6-4-;. The van der Waals surface area contributed by atoms with Crippen molar-refractivity contribution in [2.75, 3.05) is 0 Å². The Morgan fingerprint density at radius 2 is 1.94 bits per heavy atom. The largest absolute Gasteiger partial charge is 0.0988 e. The van der Waals surface area contributed by atoms with Crippen molar-refractivity contribution in [1.82, 2.24) is 0 Å². The molecular weight excluding hydrogens is 204 g/mol. The van der Waals surface area contributed by atoms with Gasteiger partial charge in [0.05, 0.1) is 0 Å². The Bertz CT molecular complexity index is 459. The first-order chi connectivity index (χ1) is 8.26. The van der Waals surface area contributed by atoms with Gasteiger partial charge in [0.15, 0.2) is 0 Å². The molecule has 90 valence electrons. The van der Waals surface area contributed by atoms with Gasteiger partial charge in [0, 0.05) is 0 Å². The molecule has 1 aromatic rings. The average Bonchev–Trinajstić information content (AvgIpc) is 2.70. The van der Waals surface area contributed by atoms with E-state index in [1.165, 1.54) is 27.8 Å². The zero-order valence-electron chi connectivity index (χ0n) is 11.4. The molecule has 0 spiro atoms. The van der Waals surface area contributed by atoms with Gasteiger partial charge >= 0.3 is 0 Å². The van der Waals surface area contributed by atoms with Crippen molar-refractivity contribution in [2.45, 2.75) is 34.1 Å². The molecule has 0 amide bonds. The van der Waals surface area contributed by atoms with E-state index in [-0.39, 0.29) is 0 Å². The lowest BCUT2D eigenvalue weighted by Crippen LogP contribution is -1.84. The normalized spacial score (nSPS) is 13.4. The molecule has 0 heterocycles. The average molecular weight is 226 g/mol. The summed E-state index contributed by atoms with van der Waals surface area (Å²) in [5.41, 5.74) is 6.80. The Hall–Kier alpha value is -1.56. The molecular formula is C17H22. The molecule has 1 aromatic carbocycles. The van der Waals surface area contributed by atoms with Crippen LogP contribution in [0.5, 0.6) is 0 Å². The zero-order valence-corrected chi connectivity index (χ0v) is 11.4. The highest BCUT2D eigenvalue weighted by atomic mass is 14.2. The fourth-order valence-corrected chi connectivity index (χ4v) is 2.11. The van der Waals surface area contributed by atoms with E-state index in [2.05, 4.69) is 50.8 Å². The lowest BCUT2D eigenvalue weighted by molar-refractivity contribution is 1.24. The summed E-state index contributed by atoms with van der Waals surface area (Å²) in [5.74, 6) is 0. The summed E-state index contributed by atoms with van der Waals surface area (Å²) in [6.07, 6.45) is 7.28. The van der Waals surface area contributed by atoms with Gasteiger partial charge in [-0.05, 0) is 42.5 Å². The summed E-state index contributed by atoms with van der Waals surface area (Å²) in [6.45, 7) is 12.1. The summed E-state index contributed by atoms with van der Waals surface area (Å²) in [5, 5.41) is 0. The maximum atomic E-state index is 3.89. The number of benzene rings is 1. The van der Waals surface area contributed by atoms with Crippen LogP contribution in [0.1, 0.15) is 37.5 Å².